The fourth-order valence-corrected chi connectivity index (χ4v) is 2.08. The Kier molecular flexibility index (Phi) is 1.80. The maximum Gasteiger partial charge on any atom is 0.261 e. The van der Waals surface area contributed by atoms with E-state index in [1.165, 1.54) is 4.90 Å². The molecule has 3 rings (SSSR count). The number of nitrogens with one attached hydrogen (secondary N) is 1. The molecular weight excluding hydrogens is 204 g/mol. The number of amides is 2. The Hall–Kier alpha value is -1.84. The van der Waals surface area contributed by atoms with Crippen molar-refractivity contribution in [2.45, 2.75) is 18.9 Å². The van der Waals surface area contributed by atoms with Crippen LogP contribution < -0.4 is 5.32 Å². The molecule has 0 saturated heterocycles. The molecule has 1 heterocycles. The average molecular weight is 216 g/mol. The van der Waals surface area contributed by atoms with Crippen molar-refractivity contribution in [2.75, 3.05) is 12.4 Å². The number of hydrogen-bond donors (Lipinski definition) is 1. The molecule has 0 unspecified atom stereocenters. The third-order valence-electron chi connectivity index (χ3n) is 3.12. The van der Waals surface area contributed by atoms with Crippen LogP contribution >= 0.6 is 0 Å². The van der Waals surface area contributed by atoms with Crippen molar-refractivity contribution in [1.29, 1.82) is 0 Å². The van der Waals surface area contributed by atoms with Gasteiger partial charge in [0.1, 0.15) is 0 Å². The Bertz CT molecular complexity index is 492. The zero-order chi connectivity index (χ0) is 11.3. The molecule has 82 valence electrons. The molecule has 4 nitrogen and oxygen atoms in total. The van der Waals surface area contributed by atoms with Gasteiger partial charge in [0, 0.05) is 18.8 Å². The number of imide groups is 1. The Morgan fingerprint density at radius 1 is 1.19 bits per heavy atom. The highest BCUT2D eigenvalue weighted by molar-refractivity contribution is 6.22. The molecule has 1 N–H and O–H groups in total. The maximum absolute atomic E-state index is 12.0. The van der Waals surface area contributed by atoms with Crippen LogP contribution in [0.3, 0.4) is 0 Å². The van der Waals surface area contributed by atoms with Gasteiger partial charge in [0.2, 0.25) is 0 Å². The van der Waals surface area contributed by atoms with Crippen molar-refractivity contribution in [2.24, 2.45) is 0 Å². The molecule has 2 amide bonds. The highest BCUT2D eigenvalue weighted by atomic mass is 16.2. The molecule has 1 aliphatic carbocycles. The molecule has 0 spiro atoms. The lowest BCUT2D eigenvalue weighted by Crippen LogP contribution is -2.31. The number of fused-ring (bicyclic) bond motifs is 1. The molecule has 1 aromatic rings. The third-order valence-corrected chi connectivity index (χ3v) is 3.12. The first kappa shape index (κ1) is 9.39. The standard InChI is InChI=1S/C12H12N2O2/c1-13-7-2-5-9-10(6-7)12(16)14(11(9)15)8-3-4-8/h2,5-6,8,13H,3-4H2,1H3. The summed E-state index contributed by atoms with van der Waals surface area (Å²) in [5.41, 5.74) is 1.93. The normalized spacial score (nSPS) is 18.9. The van der Waals surface area contributed by atoms with Crippen LogP contribution in [-0.2, 0) is 0 Å². The van der Waals surface area contributed by atoms with Crippen LogP contribution in [-0.4, -0.2) is 29.8 Å². The Morgan fingerprint density at radius 3 is 2.50 bits per heavy atom. The summed E-state index contributed by atoms with van der Waals surface area (Å²) in [5.74, 6) is -0.273. The molecule has 4 heteroatoms. The largest absolute Gasteiger partial charge is 0.388 e. The molecule has 0 radical (unpaired) electrons. The summed E-state index contributed by atoms with van der Waals surface area (Å²) in [6, 6.07) is 5.44. The van der Waals surface area contributed by atoms with E-state index in [0.29, 0.717) is 11.1 Å². The number of carbonyl (C=O) groups excluding carboxylic acids is 2. The van der Waals surface area contributed by atoms with Gasteiger partial charge in [0.25, 0.3) is 11.8 Å². The average Bonchev–Trinajstić information content (AvgIpc) is 3.09. The van der Waals surface area contributed by atoms with E-state index >= 15 is 0 Å². The van der Waals surface area contributed by atoms with Gasteiger partial charge in [-0.05, 0) is 31.0 Å². The topological polar surface area (TPSA) is 49.4 Å². The molecule has 1 aliphatic heterocycles. The van der Waals surface area contributed by atoms with E-state index in [1.807, 2.05) is 6.07 Å². The quantitative estimate of drug-likeness (QED) is 0.762. The van der Waals surface area contributed by atoms with E-state index in [1.54, 1.807) is 19.2 Å². The van der Waals surface area contributed by atoms with Gasteiger partial charge in [-0.15, -0.1) is 0 Å². The Balaban J connectivity index is 2.07. The number of benzene rings is 1. The number of hydrogen-bond acceptors (Lipinski definition) is 3. The van der Waals surface area contributed by atoms with Gasteiger partial charge in [0.15, 0.2) is 0 Å². The van der Waals surface area contributed by atoms with Gasteiger partial charge in [-0.2, -0.15) is 0 Å². The first-order chi connectivity index (χ1) is 7.72. The molecule has 16 heavy (non-hydrogen) atoms. The van der Waals surface area contributed by atoms with E-state index in [2.05, 4.69) is 5.32 Å². The Morgan fingerprint density at radius 2 is 1.88 bits per heavy atom. The predicted octanol–water partition coefficient (Wildman–Crippen LogP) is 1.49. The number of nitrogens with zero attached hydrogens (tertiary/aromatic N) is 1. The first-order valence-electron chi connectivity index (χ1n) is 5.42. The molecular formula is C12H12N2O2. The van der Waals surface area contributed by atoms with Crippen LogP contribution in [0.25, 0.3) is 0 Å². The lowest BCUT2D eigenvalue weighted by atomic mass is 10.1. The zero-order valence-corrected chi connectivity index (χ0v) is 8.99. The van der Waals surface area contributed by atoms with Crippen LogP contribution in [0.1, 0.15) is 33.6 Å². The highest BCUT2D eigenvalue weighted by Gasteiger charge is 2.44. The van der Waals surface area contributed by atoms with Crippen molar-refractivity contribution in [3.8, 4) is 0 Å². The molecule has 1 aromatic carbocycles. The zero-order valence-electron chi connectivity index (χ0n) is 8.99. The third kappa shape index (κ3) is 1.16. The number of carbonyl (C=O) groups is 2. The van der Waals surface area contributed by atoms with E-state index in [0.717, 1.165) is 18.5 Å². The fraction of sp³-hybridized carbons (Fsp3) is 0.333. The van der Waals surface area contributed by atoms with Gasteiger partial charge in [-0.3, -0.25) is 14.5 Å². The van der Waals surface area contributed by atoms with E-state index in [4.69, 9.17) is 0 Å². The second-order valence-corrected chi connectivity index (χ2v) is 4.22. The van der Waals surface area contributed by atoms with Crippen LogP contribution in [0.15, 0.2) is 18.2 Å². The van der Waals surface area contributed by atoms with Gasteiger partial charge in [-0.1, -0.05) is 0 Å². The van der Waals surface area contributed by atoms with Crippen molar-refractivity contribution >= 4 is 17.5 Å². The second-order valence-electron chi connectivity index (χ2n) is 4.22. The minimum atomic E-state index is -0.139. The lowest BCUT2D eigenvalue weighted by Gasteiger charge is -2.11. The predicted molar refractivity (Wildman–Crippen MR) is 59.5 cm³/mol. The molecule has 0 aromatic heterocycles. The van der Waals surface area contributed by atoms with Gasteiger partial charge in [0.05, 0.1) is 11.1 Å². The summed E-state index contributed by atoms with van der Waals surface area (Å²) in [6.07, 6.45) is 1.90. The summed E-state index contributed by atoms with van der Waals surface area (Å²) in [6.45, 7) is 0. The van der Waals surface area contributed by atoms with Gasteiger partial charge >= 0.3 is 0 Å². The van der Waals surface area contributed by atoms with Gasteiger partial charge in [-0.25, -0.2) is 0 Å². The summed E-state index contributed by atoms with van der Waals surface area (Å²) >= 11 is 0. The summed E-state index contributed by atoms with van der Waals surface area (Å²) < 4.78 is 0. The summed E-state index contributed by atoms with van der Waals surface area (Å²) in [4.78, 5) is 25.4. The minimum absolute atomic E-state index is 0.134. The van der Waals surface area contributed by atoms with E-state index in [9.17, 15) is 9.59 Å². The van der Waals surface area contributed by atoms with E-state index in [-0.39, 0.29) is 17.9 Å². The number of rotatable bonds is 2. The van der Waals surface area contributed by atoms with Crippen molar-refractivity contribution in [1.82, 2.24) is 4.90 Å². The smallest absolute Gasteiger partial charge is 0.261 e. The maximum atomic E-state index is 12.0. The van der Waals surface area contributed by atoms with Crippen LogP contribution in [0.2, 0.25) is 0 Å². The molecule has 1 fully saturated rings. The second kappa shape index (κ2) is 3.07. The van der Waals surface area contributed by atoms with Crippen LogP contribution in [0.4, 0.5) is 5.69 Å². The molecule has 1 saturated carbocycles. The SMILES string of the molecule is CNc1ccc2c(c1)C(=O)N(C1CC1)C2=O. The number of anilines is 1. The minimum Gasteiger partial charge on any atom is -0.388 e. The van der Waals surface area contributed by atoms with Crippen molar-refractivity contribution < 1.29 is 9.59 Å². The molecule has 0 bridgehead atoms. The first-order valence-corrected chi connectivity index (χ1v) is 5.42. The van der Waals surface area contributed by atoms with Crippen LogP contribution in [0.5, 0.6) is 0 Å². The monoisotopic (exact) mass is 216 g/mol. The molecule has 0 atom stereocenters. The highest BCUT2D eigenvalue weighted by Crippen LogP contribution is 2.35. The van der Waals surface area contributed by atoms with Crippen LogP contribution in [0, 0.1) is 0 Å². The summed E-state index contributed by atoms with van der Waals surface area (Å²) in [5, 5.41) is 2.97. The Labute approximate surface area is 93.2 Å². The fourth-order valence-electron chi connectivity index (χ4n) is 2.08. The van der Waals surface area contributed by atoms with E-state index < -0.39 is 0 Å². The van der Waals surface area contributed by atoms with Gasteiger partial charge < -0.3 is 5.32 Å². The van der Waals surface area contributed by atoms with Crippen molar-refractivity contribution in [3.05, 3.63) is 29.3 Å². The van der Waals surface area contributed by atoms with Crippen molar-refractivity contribution in [3.63, 3.8) is 0 Å². The molecule has 2 aliphatic rings. The lowest BCUT2D eigenvalue weighted by molar-refractivity contribution is 0.0642. The summed E-state index contributed by atoms with van der Waals surface area (Å²) in [7, 11) is 1.79.